The zero-order valence-corrected chi connectivity index (χ0v) is 6.73. The predicted octanol–water partition coefficient (Wildman–Crippen LogP) is -0.510. The molecule has 4 nitrogen and oxygen atoms in total. The molecule has 4 heteroatoms. The van der Waals surface area contributed by atoms with E-state index in [0.717, 1.165) is 0 Å². The fraction of sp³-hybridized carbons (Fsp3) is 1.00. The predicted molar refractivity (Wildman–Crippen MR) is 38.0 cm³/mol. The van der Waals surface area contributed by atoms with Gasteiger partial charge in [0.05, 0.1) is 12.2 Å². The van der Waals surface area contributed by atoms with E-state index in [-0.39, 0.29) is 12.5 Å². The van der Waals surface area contributed by atoms with Crippen molar-refractivity contribution in [2.75, 3.05) is 7.11 Å². The quantitative estimate of drug-likeness (QED) is 0.574. The zero-order chi connectivity index (χ0) is 8.43. The molecule has 1 fully saturated rings. The summed E-state index contributed by atoms with van der Waals surface area (Å²) in [5, 5.41) is 18.3. The van der Waals surface area contributed by atoms with Crippen molar-refractivity contribution in [1.29, 1.82) is 0 Å². The highest BCUT2D eigenvalue weighted by atomic mass is 16.6. The van der Waals surface area contributed by atoms with Crippen LogP contribution in [-0.2, 0) is 9.47 Å². The van der Waals surface area contributed by atoms with Gasteiger partial charge in [-0.3, -0.25) is 0 Å². The van der Waals surface area contributed by atoms with Crippen LogP contribution in [0.3, 0.4) is 0 Å². The maximum atomic E-state index is 9.30. The Hall–Kier alpha value is -0.160. The Morgan fingerprint density at radius 3 is 2.55 bits per heavy atom. The van der Waals surface area contributed by atoms with E-state index in [1.165, 1.54) is 0 Å². The highest BCUT2D eigenvalue weighted by Crippen LogP contribution is 2.22. The summed E-state index contributed by atoms with van der Waals surface area (Å²) in [6, 6.07) is 0. The third-order valence-corrected chi connectivity index (χ3v) is 1.97. The van der Waals surface area contributed by atoms with E-state index < -0.39 is 18.5 Å². The molecular weight excluding hydrogens is 148 g/mol. The summed E-state index contributed by atoms with van der Waals surface area (Å²) in [5.41, 5.74) is 0. The minimum atomic E-state index is -0.840. The van der Waals surface area contributed by atoms with Crippen LogP contribution < -0.4 is 0 Å². The van der Waals surface area contributed by atoms with Gasteiger partial charge in [0, 0.05) is 13.5 Å². The molecule has 1 aliphatic rings. The molecule has 0 radical (unpaired) electrons. The second-order valence-electron chi connectivity index (χ2n) is 2.80. The number of hydrogen-bond acceptors (Lipinski definition) is 4. The Labute approximate surface area is 65.7 Å². The van der Waals surface area contributed by atoms with Crippen LogP contribution in [-0.4, -0.2) is 41.9 Å². The number of methoxy groups -OCH3 is 1. The lowest BCUT2D eigenvalue weighted by molar-refractivity contribution is -0.132. The standard InChI is InChI=1S/C7H14O4/c1-4(10-2)7-5(8)3-6(9)11-7/h4-9H,3H2,1-2H3/t4-,5-,6-,7+/m1/s1. The van der Waals surface area contributed by atoms with Crippen LogP contribution in [0.25, 0.3) is 0 Å². The highest BCUT2D eigenvalue weighted by molar-refractivity contribution is 4.81. The molecule has 0 bridgehead atoms. The van der Waals surface area contributed by atoms with Crippen LogP contribution in [0.1, 0.15) is 13.3 Å². The molecule has 1 heterocycles. The summed E-state index contributed by atoms with van der Waals surface area (Å²) in [6.07, 6.45) is -1.75. The lowest BCUT2D eigenvalue weighted by atomic mass is 10.1. The third kappa shape index (κ3) is 1.90. The number of hydrogen-bond donors (Lipinski definition) is 2. The van der Waals surface area contributed by atoms with Gasteiger partial charge in [0.1, 0.15) is 6.10 Å². The van der Waals surface area contributed by atoms with Crippen LogP contribution >= 0.6 is 0 Å². The fourth-order valence-electron chi connectivity index (χ4n) is 1.23. The largest absolute Gasteiger partial charge is 0.390 e. The SMILES string of the molecule is CO[C@H](C)[C@@H]1O[C@@H](O)C[C@H]1O. The molecule has 1 saturated heterocycles. The molecular formula is C7H14O4. The van der Waals surface area contributed by atoms with Gasteiger partial charge in [0.15, 0.2) is 6.29 Å². The van der Waals surface area contributed by atoms with E-state index in [9.17, 15) is 5.11 Å². The first-order valence-corrected chi connectivity index (χ1v) is 3.69. The fourth-order valence-corrected chi connectivity index (χ4v) is 1.23. The van der Waals surface area contributed by atoms with Gasteiger partial charge >= 0.3 is 0 Å². The van der Waals surface area contributed by atoms with E-state index in [1.807, 2.05) is 0 Å². The summed E-state index contributed by atoms with van der Waals surface area (Å²) in [5.74, 6) is 0. The minimum Gasteiger partial charge on any atom is -0.390 e. The van der Waals surface area contributed by atoms with Crippen molar-refractivity contribution in [2.24, 2.45) is 0 Å². The third-order valence-electron chi connectivity index (χ3n) is 1.97. The van der Waals surface area contributed by atoms with Crippen molar-refractivity contribution in [2.45, 2.75) is 37.9 Å². The topological polar surface area (TPSA) is 58.9 Å². The summed E-state index contributed by atoms with van der Waals surface area (Å²) < 4.78 is 9.96. The van der Waals surface area contributed by atoms with E-state index in [1.54, 1.807) is 14.0 Å². The minimum absolute atomic E-state index is 0.179. The van der Waals surface area contributed by atoms with E-state index in [4.69, 9.17) is 14.6 Å². The Balaban J connectivity index is 2.45. The van der Waals surface area contributed by atoms with Crippen LogP contribution in [0, 0.1) is 0 Å². The monoisotopic (exact) mass is 162 g/mol. The molecule has 0 aromatic carbocycles. The van der Waals surface area contributed by atoms with Crippen LogP contribution in [0.2, 0.25) is 0 Å². The van der Waals surface area contributed by atoms with Crippen molar-refractivity contribution >= 4 is 0 Å². The first-order valence-electron chi connectivity index (χ1n) is 3.69. The van der Waals surface area contributed by atoms with Crippen molar-refractivity contribution in [3.05, 3.63) is 0 Å². The Morgan fingerprint density at radius 2 is 2.18 bits per heavy atom. The first-order chi connectivity index (χ1) is 5.15. The Kier molecular flexibility index (Phi) is 2.84. The lowest BCUT2D eigenvalue weighted by Gasteiger charge is -2.19. The van der Waals surface area contributed by atoms with Gasteiger partial charge in [0.2, 0.25) is 0 Å². The van der Waals surface area contributed by atoms with Crippen LogP contribution in [0.4, 0.5) is 0 Å². The molecule has 66 valence electrons. The maximum Gasteiger partial charge on any atom is 0.157 e. The van der Waals surface area contributed by atoms with Gasteiger partial charge < -0.3 is 19.7 Å². The van der Waals surface area contributed by atoms with Crippen molar-refractivity contribution in [3.63, 3.8) is 0 Å². The normalized spacial score (nSPS) is 40.9. The van der Waals surface area contributed by atoms with Crippen molar-refractivity contribution in [3.8, 4) is 0 Å². The molecule has 0 saturated carbocycles. The highest BCUT2D eigenvalue weighted by Gasteiger charge is 2.36. The molecule has 2 N–H and O–H groups in total. The van der Waals surface area contributed by atoms with Gasteiger partial charge in [-0.15, -0.1) is 0 Å². The summed E-state index contributed by atoms with van der Waals surface area (Å²) in [4.78, 5) is 0. The summed E-state index contributed by atoms with van der Waals surface area (Å²) >= 11 is 0. The van der Waals surface area contributed by atoms with E-state index in [2.05, 4.69) is 0 Å². The summed E-state index contributed by atoms with van der Waals surface area (Å²) in [6.45, 7) is 1.80. The number of rotatable bonds is 2. The molecule has 0 unspecified atom stereocenters. The number of aliphatic hydroxyl groups is 2. The van der Waals surface area contributed by atoms with Crippen LogP contribution in [0.5, 0.6) is 0 Å². The van der Waals surface area contributed by atoms with Gasteiger partial charge in [-0.1, -0.05) is 0 Å². The van der Waals surface area contributed by atoms with Crippen molar-refractivity contribution < 1.29 is 19.7 Å². The molecule has 0 aromatic rings. The molecule has 1 aliphatic heterocycles. The second kappa shape index (κ2) is 3.49. The second-order valence-corrected chi connectivity index (χ2v) is 2.80. The first kappa shape index (κ1) is 8.93. The average Bonchev–Trinajstić information content (AvgIpc) is 2.28. The van der Waals surface area contributed by atoms with Crippen LogP contribution in [0.15, 0.2) is 0 Å². The number of aliphatic hydroxyl groups excluding tert-OH is 2. The smallest absolute Gasteiger partial charge is 0.157 e. The molecule has 0 spiro atoms. The molecule has 4 atom stereocenters. The number of ether oxygens (including phenoxy) is 2. The molecule has 0 amide bonds. The average molecular weight is 162 g/mol. The molecule has 11 heavy (non-hydrogen) atoms. The Bertz CT molecular complexity index is 124. The van der Waals surface area contributed by atoms with E-state index >= 15 is 0 Å². The van der Waals surface area contributed by atoms with Gasteiger partial charge in [0.25, 0.3) is 0 Å². The molecule has 1 rings (SSSR count). The van der Waals surface area contributed by atoms with Gasteiger partial charge in [-0.2, -0.15) is 0 Å². The molecule has 0 aliphatic carbocycles. The lowest BCUT2D eigenvalue weighted by Crippen LogP contribution is -2.33. The van der Waals surface area contributed by atoms with Gasteiger partial charge in [-0.25, -0.2) is 0 Å². The molecule has 0 aromatic heterocycles. The van der Waals surface area contributed by atoms with E-state index in [0.29, 0.717) is 0 Å². The maximum absolute atomic E-state index is 9.30. The Morgan fingerprint density at radius 1 is 1.55 bits per heavy atom. The summed E-state index contributed by atoms with van der Waals surface area (Å²) in [7, 11) is 1.55. The van der Waals surface area contributed by atoms with Gasteiger partial charge in [-0.05, 0) is 6.92 Å². The zero-order valence-electron chi connectivity index (χ0n) is 6.73. The van der Waals surface area contributed by atoms with Crippen molar-refractivity contribution in [1.82, 2.24) is 0 Å².